The van der Waals surface area contributed by atoms with Gasteiger partial charge in [-0.1, -0.05) is 30.3 Å². The van der Waals surface area contributed by atoms with Crippen molar-refractivity contribution in [3.63, 3.8) is 0 Å². The van der Waals surface area contributed by atoms with Gasteiger partial charge in [0.2, 0.25) is 0 Å². The third kappa shape index (κ3) is 3.90. The monoisotopic (exact) mass is 418 g/mol. The van der Waals surface area contributed by atoms with Gasteiger partial charge in [-0.05, 0) is 48.9 Å². The summed E-state index contributed by atoms with van der Waals surface area (Å²) in [7, 11) is 0. The van der Waals surface area contributed by atoms with Crippen molar-refractivity contribution in [1.82, 2.24) is 4.90 Å². The van der Waals surface area contributed by atoms with Crippen molar-refractivity contribution in [1.29, 1.82) is 0 Å². The summed E-state index contributed by atoms with van der Waals surface area (Å²) in [6, 6.07) is 17.3. The summed E-state index contributed by atoms with van der Waals surface area (Å²) < 4.78 is 19.5. The summed E-state index contributed by atoms with van der Waals surface area (Å²) in [6.45, 7) is 2.11. The van der Waals surface area contributed by atoms with Crippen LogP contribution in [0, 0.1) is 5.82 Å². The minimum absolute atomic E-state index is 0.00126. The Hall–Kier alpha value is -4.00. The number of benzene rings is 3. The summed E-state index contributed by atoms with van der Waals surface area (Å²) in [4.78, 5) is 39.3. The van der Waals surface area contributed by atoms with Crippen LogP contribution in [0.5, 0.6) is 5.75 Å². The maximum atomic E-state index is 14.0. The first-order chi connectivity index (χ1) is 15.0. The molecule has 6 nitrogen and oxygen atoms in total. The summed E-state index contributed by atoms with van der Waals surface area (Å²) in [5, 5.41) is 2.54. The van der Waals surface area contributed by atoms with E-state index in [2.05, 4.69) is 5.32 Å². The first kappa shape index (κ1) is 20.3. The van der Waals surface area contributed by atoms with Gasteiger partial charge in [-0.3, -0.25) is 19.3 Å². The lowest BCUT2D eigenvalue weighted by molar-refractivity contribution is 0.0642. The average Bonchev–Trinajstić information content (AvgIpc) is 3.01. The summed E-state index contributed by atoms with van der Waals surface area (Å²) in [5.41, 5.74) is 1.50. The van der Waals surface area contributed by atoms with Crippen LogP contribution in [-0.4, -0.2) is 29.2 Å². The van der Waals surface area contributed by atoms with Gasteiger partial charge in [0.1, 0.15) is 11.6 Å². The third-order valence-corrected chi connectivity index (χ3v) is 4.93. The van der Waals surface area contributed by atoms with Gasteiger partial charge in [0.05, 0.1) is 35.5 Å². The van der Waals surface area contributed by atoms with Crippen LogP contribution in [0.3, 0.4) is 0 Å². The molecule has 0 aromatic heterocycles. The zero-order valence-electron chi connectivity index (χ0n) is 16.7. The minimum Gasteiger partial charge on any atom is -0.493 e. The SMILES string of the molecule is CCOc1ccc(CN2C(=O)c3ccccc3C2=O)cc1C(=O)Nc1ccccc1F. The molecule has 0 saturated heterocycles. The van der Waals surface area contributed by atoms with Crippen molar-refractivity contribution < 1.29 is 23.5 Å². The first-order valence-corrected chi connectivity index (χ1v) is 9.76. The second kappa shape index (κ2) is 8.39. The Labute approximate surface area is 178 Å². The number of imide groups is 1. The quantitative estimate of drug-likeness (QED) is 0.607. The number of fused-ring (bicyclic) bond motifs is 1. The first-order valence-electron chi connectivity index (χ1n) is 9.76. The van der Waals surface area contributed by atoms with Crippen LogP contribution in [0.15, 0.2) is 66.7 Å². The van der Waals surface area contributed by atoms with Crippen LogP contribution in [0.2, 0.25) is 0 Å². The smallest absolute Gasteiger partial charge is 0.261 e. The predicted octanol–water partition coefficient (Wildman–Crippen LogP) is 4.27. The molecule has 156 valence electrons. The number of nitrogens with one attached hydrogen (secondary N) is 1. The van der Waals surface area contributed by atoms with Gasteiger partial charge in [0, 0.05) is 0 Å². The maximum absolute atomic E-state index is 14.0. The Morgan fingerprint density at radius 3 is 2.26 bits per heavy atom. The number of para-hydroxylation sites is 1. The number of rotatable bonds is 6. The van der Waals surface area contributed by atoms with Crippen LogP contribution in [0.4, 0.5) is 10.1 Å². The van der Waals surface area contributed by atoms with Crippen LogP contribution in [0.1, 0.15) is 43.6 Å². The number of carbonyl (C=O) groups excluding carboxylic acids is 3. The fraction of sp³-hybridized carbons (Fsp3) is 0.125. The number of anilines is 1. The topological polar surface area (TPSA) is 75.7 Å². The summed E-state index contributed by atoms with van der Waals surface area (Å²) in [6.07, 6.45) is 0. The number of ether oxygens (including phenoxy) is 1. The lowest BCUT2D eigenvalue weighted by Gasteiger charge is -2.16. The molecule has 1 heterocycles. The molecule has 7 heteroatoms. The standard InChI is InChI=1S/C24H19FN2O4/c1-2-31-21-12-11-15(13-18(21)22(28)26-20-10-6-5-9-19(20)25)14-27-23(29)16-7-3-4-8-17(16)24(27)30/h3-13H,2,14H2,1H3,(H,26,28). The van der Waals surface area contributed by atoms with Gasteiger partial charge in [-0.25, -0.2) is 4.39 Å². The average molecular weight is 418 g/mol. The highest BCUT2D eigenvalue weighted by molar-refractivity contribution is 6.21. The van der Waals surface area contributed by atoms with Gasteiger partial charge in [0.25, 0.3) is 17.7 Å². The van der Waals surface area contributed by atoms with E-state index in [0.717, 1.165) is 4.90 Å². The molecule has 0 fully saturated rings. The van der Waals surface area contributed by atoms with E-state index in [-0.39, 0.29) is 29.6 Å². The van der Waals surface area contributed by atoms with E-state index in [1.165, 1.54) is 18.2 Å². The van der Waals surface area contributed by atoms with E-state index >= 15 is 0 Å². The Morgan fingerprint density at radius 2 is 1.61 bits per heavy atom. The van der Waals surface area contributed by atoms with E-state index in [4.69, 9.17) is 4.74 Å². The zero-order valence-corrected chi connectivity index (χ0v) is 16.7. The summed E-state index contributed by atoms with van der Waals surface area (Å²) >= 11 is 0. The molecule has 31 heavy (non-hydrogen) atoms. The maximum Gasteiger partial charge on any atom is 0.261 e. The van der Waals surface area contributed by atoms with Gasteiger partial charge >= 0.3 is 0 Å². The van der Waals surface area contributed by atoms with E-state index < -0.39 is 11.7 Å². The molecule has 1 aliphatic heterocycles. The number of amides is 3. The largest absolute Gasteiger partial charge is 0.493 e. The molecule has 4 rings (SSSR count). The van der Waals surface area contributed by atoms with Gasteiger partial charge in [-0.15, -0.1) is 0 Å². The van der Waals surface area contributed by atoms with E-state index in [1.54, 1.807) is 55.5 Å². The van der Waals surface area contributed by atoms with Crippen molar-refractivity contribution >= 4 is 23.4 Å². The molecule has 0 spiro atoms. The second-order valence-corrected chi connectivity index (χ2v) is 6.94. The molecule has 1 aliphatic rings. The fourth-order valence-electron chi connectivity index (χ4n) is 3.45. The molecule has 0 aliphatic carbocycles. The molecule has 0 unspecified atom stereocenters. The second-order valence-electron chi connectivity index (χ2n) is 6.94. The van der Waals surface area contributed by atoms with Gasteiger partial charge in [-0.2, -0.15) is 0 Å². The van der Waals surface area contributed by atoms with Crippen LogP contribution in [-0.2, 0) is 6.54 Å². The van der Waals surface area contributed by atoms with Crippen molar-refractivity contribution in [2.45, 2.75) is 13.5 Å². The molecule has 3 aromatic rings. The Morgan fingerprint density at radius 1 is 0.968 bits per heavy atom. The Kier molecular flexibility index (Phi) is 5.49. The molecular formula is C24H19FN2O4. The lowest BCUT2D eigenvalue weighted by atomic mass is 10.1. The summed E-state index contributed by atoms with van der Waals surface area (Å²) in [5.74, 6) is -1.56. The Bertz CT molecular complexity index is 1160. The number of halogens is 1. The lowest BCUT2D eigenvalue weighted by Crippen LogP contribution is -2.29. The molecule has 0 bridgehead atoms. The number of carbonyl (C=O) groups is 3. The van der Waals surface area contributed by atoms with Crippen molar-refractivity contribution in [3.8, 4) is 5.75 Å². The van der Waals surface area contributed by atoms with E-state index in [9.17, 15) is 18.8 Å². The molecule has 3 amide bonds. The number of hydrogen-bond acceptors (Lipinski definition) is 4. The van der Waals surface area contributed by atoms with Crippen LogP contribution < -0.4 is 10.1 Å². The minimum atomic E-state index is -0.559. The number of hydrogen-bond donors (Lipinski definition) is 1. The van der Waals surface area contributed by atoms with Crippen LogP contribution >= 0.6 is 0 Å². The van der Waals surface area contributed by atoms with Gasteiger partial charge in [0.15, 0.2) is 0 Å². The predicted molar refractivity (Wildman–Crippen MR) is 113 cm³/mol. The highest BCUT2D eigenvalue weighted by atomic mass is 19.1. The van der Waals surface area contributed by atoms with Crippen molar-refractivity contribution in [2.24, 2.45) is 0 Å². The van der Waals surface area contributed by atoms with E-state index in [1.807, 2.05) is 0 Å². The Balaban J connectivity index is 1.62. The molecule has 0 atom stereocenters. The zero-order chi connectivity index (χ0) is 22.0. The normalized spacial score (nSPS) is 12.6. The van der Waals surface area contributed by atoms with Crippen LogP contribution in [0.25, 0.3) is 0 Å². The highest BCUT2D eigenvalue weighted by Gasteiger charge is 2.35. The molecule has 3 aromatic carbocycles. The molecule has 0 saturated carbocycles. The highest BCUT2D eigenvalue weighted by Crippen LogP contribution is 2.27. The third-order valence-electron chi connectivity index (χ3n) is 4.93. The number of nitrogens with zero attached hydrogens (tertiary/aromatic N) is 1. The molecule has 1 N–H and O–H groups in total. The van der Waals surface area contributed by atoms with Gasteiger partial charge < -0.3 is 10.1 Å². The fourth-order valence-corrected chi connectivity index (χ4v) is 3.45. The molecule has 0 radical (unpaired) electrons. The van der Waals surface area contributed by atoms with Crippen molar-refractivity contribution in [2.75, 3.05) is 11.9 Å². The van der Waals surface area contributed by atoms with E-state index in [0.29, 0.717) is 29.0 Å². The van der Waals surface area contributed by atoms with Crippen molar-refractivity contribution in [3.05, 3.63) is 94.8 Å². The molecular weight excluding hydrogens is 399 g/mol.